The second kappa shape index (κ2) is 10.3. The van der Waals surface area contributed by atoms with Gasteiger partial charge in [-0.15, -0.1) is 0 Å². The number of carbonyl (C=O) groups is 2. The molecule has 0 aliphatic carbocycles. The summed E-state index contributed by atoms with van der Waals surface area (Å²) in [6, 6.07) is 10.9. The third-order valence-electron chi connectivity index (χ3n) is 4.55. The summed E-state index contributed by atoms with van der Waals surface area (Å²) in [6.45, 7) is 1.15. The number of amides is 1. The molecule has 0 radical (unpaired) electrons. The maximum absolute atomic E-state index is 12.8. The van der Waals surface area contributed by atoms with Gasteiger partial charge in [-0.3, -0.25) is 14.4 Å². The van der Waals surface area contributed by atoms with Gasteiger partial charge in [0.15, 0.2) is 0 Å². The molecular formula is C21H18Cl2N4O5S. The summed E-state index contributed by atoms with van der Waals surface area (Å²) in [6.07, 6.45) is 1.82. The summed E-state index contributed by atoms with van der Waals surface area (Å²) in [5.41, 5.74) is 0.994. The second-order valence-corrected chi connectivity index (χ2v) is 9.51. The van der Waals surface area contributed by atoms with E-state index in [-0.39, 0.29) is 27.2 Å². The molecule has 0 aliphatic heterocycles. The fraction of sp³-hybridized carbons (Fsp3) is 0.143. The number of hydrogen-bond donors (Lipinski definition) is 2. The molecule has 12 heteroatoms. The molecule has 33 heavy (non-hydrogen) atoms. The van der Waals surface area contributed by atoms with E-state index in [1.54, 1.807) is 37.3 Å². The van der Waals surface area contributed by atoms with Crippen LogP contribution in [0, 0.1) is 6.92 Å². The SMILES string of the molecule is Cc1ccc(NC(=O)Cn2ncc(Cl)c(Cl)c2=O)cc1S(=O)(=O)NCc1cccc(C=O)c1. The zero-order chi connectivity index (χ0) is 24.2. The van der Waals surface area contributed by atoms with Crippen LogP contribution in [-0.2, 0) is 27.9 Å². The van der Waals surface area contributed by atoms with Crippen molar-refractivity contribution in [2.75, 3.05) is 5.32 Å². The van der Waals surface area contributed by atoms with Crippen molar-refractivity contribution in [2.45, 2.75) is 24.9 Å². The molecule has 3 rings (SSSR count). The molecule has 9 nitrogen and oxygen atoms in total. The summed E-state index contributed by atoms with van der Waals surface area (Å²) in [5, 5.41) is 6.00. The first kappa shape index (κ1) is 24.6. The zero-order valence-electron chi connectivity index (χ0n) is 17.2. The molecule has 0 saturated carbocycles. The number of nitrogens with one attached hydrogen (secondary N) is 2. The predicted molar refractivity (Wildman–Crippen MR) is 124 cm³/mol. The highest BCUT2D eigenvalue weighted by Crippen LogP contribution is 2.21. The molecule has 0 bridgehead atoms. The number of carbonyl (C=O) groups excluding carboxylic acids is 2. The van der Waals surface area contributed by atoms with Crippen molar-refractivity contribution in [1.82, 2.24) is 14.5 Å². The van der Waals surface area contributed by atoms with Crippen LogP contribution in [-0.4, -0.2) is 30.4 Å². The fourth-order valence-electron chi connectivity index (χ4n) is 2.89. The minimum atomic E-state index is -3.93. The van der Waals surface area contributed by atoms with Gasteiger partial charge in [0.1, 0.15) is 17.9 Å². The number of halogens is 2. The van der Waals surface area contributed by atoms with E-state index in [9.17, 15) is 22.8 Å². The van der Waals surface area contributed by atoms with Gasteiger partial charge in [0.25, 0.3) is 5.56 Å². The number of aldehydes is 1. The molecule has 0 fully saturated rings. The third kappa shape index (κ3) is 6.05. The Morgan fingerprint density at radius 2 is 1.94 bits per heavy atom. The Hall–Kier alpha value is -3.05. The lowest BCUT2D eigenvalue weighted by Crippen LogP contribution is -2.30. The minimum Gasteiger partial charge on any atom is -0.324 e. The van der Waals surface area contributed by atoms with Crippen LogP contribution < -0.4 is 15.6 Å². The van der Waals surface area contributed by atoms with Gasteiger partial charge in [-0.25, -0.2) is 17.8 Å². The summed E-state index contributed by atoms with van der Waals surface area (Å²) >= 11 is 11.5. The number of aromatic nitrogens is 2. The summed E-state index contributed by atoms with van der Waals surface area (Å²) in [7, 11) is -3.93. The van der Waals surface area contributed by atoms with Gasteiger partial charge < -0.3 is 5.32 Å². The molecule has 1 amide bonds. The van der Waals surface area contributed by atoms with Crippen LogP contribution in [0.1, 0.15) is 21.5 Å². The number of aryl methyl sites for hydroxylation is 1. The average Bonchev–Trinajstić information content (AvgIpc) is 2.79. The molecular weight excluding hydrogens is 491 g/mol. The molecule has 0 atom stereocenters. The number of hydrogen-bond acceptors (Lipinski definition) is 6. The Labute approximate surface area is 199 Å². The van der Waals surface area contributed by atoms with Crippen LogP contribution >= 0.6 is 23.2 Å². The standard InChI is InChI=1S/C21H18Cl2N4O5S/c1-13-5-6-16(26-19(29)11-27-21(30)20(23)17(22)10-24-27)8-18(13)33(31,32)25-9-14-3-2-4-15(7-14)12-28/h2-8,10,12,25H,9,11H2,1H3,(H,26,29). The lowest BCUT2D eigenvalue weighted by molar-refractivity contribution is -0.117. The normalized spacial score (nSPS) is 11.2. The van der Waals surface area contributed by atoms with Crippen molar-refractivity contribution in [3.63, 3.8) is 0 Å². The van der Waals surface area contributed by atoms with Crippen LogP contribution in [0.5, 0.6) is 0 Å². The van der Waals surface area contributed by atoms with Crippen molar-refractivity contribution in [1.29, 1.82) is 0 Å². The Kier molecular flexibility index (Phi) is 7.65. The molecule has 0 spiro atoms. The number of rotatable bonds is 8. The highest BCUT2D eigenvalue weighted by atomic mass is 35.5. The average molecular weight is 509 g/mol. The molecule has 0 saturated heterocycles. The summed E-state index contributed by atoms with van der Waals surface area (Å²) in [5.74, 6) is -0.617. The molecule has 1 heterocycles. The van der Waals surface area contributed by atoms with Gasteiger partial charge in [0.05, 0.1) is 16.1 Å². The lowest BCUT2D eigenvalue weighted by Gasteiger charge is -2.12. The number of nitrogens with zero attached hydrogens (tertiary/aromatic N) is 2. The summed E-state index contributed by atoms with van der Waals surface area (Å²) in [4.78, 5) is 35.3. The Morgan fingerprint density at radius 3 is 2.67 bits per heavy atom. The smallest absolute Gasteiger partial charge is 0.287 e. The highest BCUT2D eigenvalue weighted by molar-refractivity contribution is 7.89. The van der Waals surface area contributed by atoms with Crippen LogP contribution in [0.4, 0.5) is 5.69 Å². The van der Waals surface area contributed by atoms with E-state index >= 15 is 0 Å². The van der Waals surface area contributed by atoms with Gasteiger partial charge in [0, 0.05) is 17.8 Å². The quantitative estimate of drug-likeness (QED) is 0.450. The van der Waals surface area contributed by atoms with E-state index in [1.807, 2.05) is 0 Å². The maximum atomic E-state index is 12.8. The van der Waals surface area contributed by atoms with Crippen LogP contribution in [0.2, 0.25) is 10.0 Å². The van der Waals surface area contributed by atoms with Crippen LogP contribution in [0.15, 0.2) is 58.4 Å². The van der Waals surface area contributed by atoms with Gasteiger partial charge >= 0.3 is 0 Å². The van der Waals surface area contributed by atoms with Gasteiger partial charge in [-0.1, -0.05) is 47.5 Å². The van der Waals surface area contributed by atoms with E-state index in [1.165, 1.54) is 12.1 Å². The maximum Gasteiger partial charge on any atom is 0.287 e. The van der Waals surface area contributed by atoms with E-state index in [4.69, 9.17) is 23.2 Å². The van der Waals surface area contributed by atoms with E-state index in [2.05, 4.69) is 15.1 Å². The first-order chi connectivity index (χ1) is 15.6. The molecule has 1 aromatic heterocycles. The lowest BCUT2D eigenvalue weighted by atomic mass is 10.1. The van der Waals surface area contributed by atoms with E-state index in [0.717, 1.165) is 10.9 Å². The predicted octanol–water partition coefficient (Wildman–Crippen LogP) is 2.79. The zero-order valence-corrected chi connectivity index (χ0v) is 19.5. The molecule has 172 valence electrons. The van der Waals surface area contributed by atoms with Crippen molar-refractivity contribution in [2.24, 2.45) is 0 Å². The Morgan fingerprint density at radius 1 is 1.18 bits per heavy atom. The number of anilines is 1. The molecule has 0 aliphatic rings. The van der Waals surface area contributed by atoms with Gasteiger partial charge in [0.2, 0.25) is 15.9 Å². The van der Waals surface area contributed by atoms with Crippen molar-refractivity contribution < 1.29 is 18.0 Å². The van der Waals surface area contributed by atoms with E-state index < -0.39 is 28.0 Å². The van der Waals surface area contributed by atoms with Crippen molar-refractivity contribution >= 4 is 51.1 Å². The first-order valence-electron chi connectivity index (χ1n) is 9.46. The Bertz CT molecular complexity index is 1390. The topological polar surface area (TPSA) is 127 Å². The molecule has 2 N–H and O–H groups in total. The highest BCUT2D eigenvalue weighted by Gasteiger charge is 2.18. The van der Waals surface area contributed by atoms with Crippen molar-refractivity contribution in [3.05, 3.63) is 85.8 Å². The number of benzene rings is 2. The van der Waals surface area contributed by atoms with Gasteiger partial charge in [-0.2, -0.15) is 5.10 Å². The van der Waals surface area contributed by atoms with Crippen LogP contribution in [0.25, 0.3) is 0 Å². The second-order valence-electron chi connectivity index (χ2n) is 6.99. The first-order valence-corrected chi connectivity index (χ1v) is 11.7. The van der Waals surface area contributed by atoms with Crippen molar-refractivity contribution in [3.8, 4) is 0 Å². The number of sulfonamides is 1. The monoisotopic (exact) mass is 508 g/mol. The molecule has 0 unspecified atom stereocenters. The third-order valence-corrected chi connectivity index (χ3v) is 6.84. The van der Waals surface area contributed by atoms with Crippen LogP contribution in [0.3, 0.4) is 0 Å². The van der Waals surface area contributed by atoms with Gasteiger partial charge in [-0.05, 0) is 36.2 Å². The molecule has 3 aromatic rings. The Balaban J connectivity index is 1.75. The largest absolute Gasteiger partial charge is 0.324 e. The minimum absolute atomic E-state index is 0.0219. The summed E-state index contributed by atoms with van der Waals surface area (Å²) < 4.78 is 29.0. The molecule has 2 aromatic carbocycles. The fourth-order valence-corrected chi connectivity index (χ4v) is 4.45. The van der Waals surface area contributed by atoms with E-state index in [0.29, 0.717) is 23.0 Å².